The van der Waals surface area contributed by atoms with Gasteiger partial charge in [0.25, 0.3) is 5.56 Å². The summed E-state index contributed by atoms with van der Waals surface area (Å²) in [6, 6.07) is 11.7. The Morgan fingerprint density at radius 1 is 1.09 bits per heavy atom. The lowest BCUT2D eigenvalue weighted by molar-refractivity contribution is -0.0215. The van der Waals surface area contributed by atoms with Crippen LogP contribution in [0.25, 0.3) is 21.7 Å². The molecular weight excluding hydrogens is 476 g/mol. The summed E-state index contributed by atoms with van der Waals surface area (Å²) in [5.41, 5.74) is 0.569. The lowest BCUT2D eigenvalue weighted by Crippen LogP contribution is -2.22. The summed E-state index contributed by atoms with van der Waals surface area (Å²) in [6.45, 7) is 0.999. The van der Waals surface area contributed by atoms with Gasteiger partial charge >= 0.3 is 0 Å². The number of rotatable bonds is 5. The molecule has 1 aliphatic heterocycles. The van der Waals surface area contributed by atoms with Gasteiger partial charge in [0.15, 0.2) is 21.0 Å². The number of para-hydroxylation sites is 1. The molecule has 2 aromatic heterocycles. The number of nitrogens with zero attached hydrogens (tertiary/aromatic N) is 3. The Kier molecular flexibility index (Phi) is 5.91. The van der Waals surface area contributed by atoms with Gasteiger partial charge in [0.1, 0.15) is 16.3 Å². The highest BCUT2D eigenvalue weighted by atomic mass is 32.2. The number of thioether (sulfide) groups is 1. The largest absolute Gasteiger partial charge is 0.349 e. The van der Waals surface area contributed by atoms with Crippen molar-refractivity contribution in [1.29, 1.82) is 0 Å². The highest BCUT2D eigenvalue weighted by Crippen LogP contribution is 2.29. The average molecular weight is 492 g/mol. The van der Waals surface area contributed by atoms with Gasteiger partial charge in [0.2, 0.25) is 0 Å². The number of aromatic nitrogens is 3. The van der Waals surface area contributed by atoms with Crippen molar-refractivity contribution in [1.82, 2.24) is 14.1 Å². The van der Waals surface area contributed by atoms with Gasteiger partial charge in [-0.05, 0) is 48.6 Å². The van der Waals surface area contributed by atoms with Crippen LogP contribution in [0.15, 0.2) is 58.5 Å². The summed E-state index contributed by atoms with van der Waals surface area (Å²) in [4.78, 5) is 18.2. The fourth-order valence-corrected chi connectivity index (χ4v) is 5.58. The smallest absolute Gasteiger partial charge is 0.278 e. The molecule has 1 saturated heterocycles. The van der Waals surface area contributed by atoms with Gasteiger partial charge in [0.05, 0.1) is 30.3 Å². The first-order valence-electron chi connectivity index (χ1n) is 9.58. The van der Waals surface area contributed by atoms with Gasteiger partial charge in [-0.3, -0.25) is 13.9 Å². The summed E-state index contributed by atoms with van der Waals surface area (Å²) in [6.07, 6.45) is -0.426. The van der Waals surface area contributed by atoms with Gasteiger partial charge in [-0.1, -0.05) is 35.2 Å². The molecule has 1 fully saturated rings. The Bertz CT molecular complexity index is 1410. The van der Waals surface area contributed by atoms with E-state index in [1.54, 1.807) is 18.2 Å². The Hall–Kier alpha value is -2.44. The van der Waals surface area contributed by atoms with Crippen molar-refractivity contribution in [2.24, 2.45) is 0 Å². The minimum absolute atomic E-state index is 0.216. The molecule has 3 heterocycles. The predicted octanol–water partition coefficient (Wildman–Crippen LogP) is 4.71. The average Bonchev–Trinajstić information content (AvgIpc) is 3.41. The van der Waals surface area contributed by atoms with Crippen molar-refractivity contribution in [3.63, 3.8) is 0 Å². The number of thiazole rings is 1. The van der Waals surface area contributed by atoms with E-state index < -0.39 is 17.9 Å². The Balaban J connectivity index is 1.73. The molecule has 0 aliphatic carbocycles. The van der Waals surface area contributed by atoms with Gasteiger partial charge < -0.3 is 9.47 Å². The van der Waals surface area contributed by atoms with E-state index in [0.717, 1.165) is 11.3 Å². The molecule has 5 rings (SSSR count). The molecule has 0 amide bonds. The molecule has 1 aliphatic rings. The molecule has 2 aromatic carbocycles. The van der Waals surface area contributed by atoms with E-state index in [9.17, 15) is 13.6 Å². The van der Waals surface area contributed by atoms with Crippen LogP contribution in [-0.4, -0.2) is 39.4 Å². The normalized spacial score (nSPS) is 14.4. The minimum Gasteiger partial charge on any atom is -0.349 e. The van der Waals surface area contributed by atoms with Gasteiger partial charge in [-0.15, -0.1) is 0 Å². The van der Waals surface area contributed by atoms with Crippen LogP contribution in [-0.2, 0) is 9.47 Å². The standard InChI is InChI=1S/C21H15F2N3O3S3/c22-12-5-7-13(8-6-12)25-19(27)17-18(24-20(25)31-11-16-28-9-10-29-16)26(21(30)32-17)15-4-2-1-3-14(15)23/h1-8,16H,9-11H2. The summed E-state index contributed by atoms with van der Waals surface area (Å²) in [5.74, 6) is -0.502. The second-order valence-corrected chi connectivity index (χ2v) is 9.43. The predicted molar refractivity (Wildman–Crippen MR) is 122 cm³/mol. The lowest BCUT2D eigenvalue weighted by atomic mass is 10.3. The van der Waals surface area contributed by atoms with Crippen LogP contribution in [0.3, 0.4) is 0 Å². The van der Waals surface area contributed by atoms with E-state index in [0.29, 0.717) is 33.8 Å². The van der Waals surface area contributed by atoms with E-state index in [1.165, 1.54) is 51.2 Å². The molecule has 32 heavy (non-hydrogen) atoms. The maximum atomic E-state index is 14.5. The molecule has 0 unspecified atom stereocenters. The number of ether oxygens (including phenoxy) is 2. The number of hydrogen-bond donors (Lipinski definition) is 0. The maximum absolute atomic E-state index is 14.5. The Morgan fingerprint density at radius 2 is 1.81 bits per heavy atom. The van der Waals surface area contributed by atoms with Crippen LogP contribution in [0.2, 0.25) is 0 Å². The summed E-state index contributed by atoms with van der Waals surface area (Å²) >= 11 is 7.77. The second-order valence-electron chi connectivity index (χ2n) is 6.80. The third-order valence-electron chi connectivity index (χ3n) is 4.79. The van der Waals surface area contributed by atoms with Gasteiger partial charge in [0, 0.05) is 0 Å². The van der Waals surface area contributed by atoms with Crippen molar-refractivity contribution in [3.8, 4) is 11.4 Å². The first-order valence-corrected chi connectivity index (χ1v) is 11.8. The first-order chi connectivity index (χ1) is 15.5. The van der Waals surface area contributed by atoms with Gasteiger partial charge in [-0.2, -0.15) is 0 Å². The van der Waals surface area contributed by atoms with Crippen molar-refractivity contribution >= 4 is 45.7 Å². The highest BCUT2D eigenvalue weighted by Gasteiger charge is 2.22. The molecule has 164 valence electrons. The number of halogens is 2. The minimum atomic E-state index is -0.477. The van der Waals surface area contributed by atoms with E-state index >= 15 is 0 Å². The molecule has 0 atom stereocenters. The summed E-state index contributed by atoms with van der Waals surface area (Å²) in [7, 11) is 0. The summed E-state index contributed by atoms with van der Waals surface area (Å²) in [5, 5.41) is 0.339. The molecule has 0 bridgehead atoms. The van der Waals surface area contributed by atoms with Crippen LogP contribution in [0.1, 0.15) is 0 Å². The third kappa shape index (κ3) is 3.90. The Morgan fingerprint density at radius 3 is 2.53 bits per heavy atom. The van der Waals surface area contributed by atoms with E-state index in [2.05, 4.69) is 0 Å². The zero-order valence-electron chi connectivity index (χ0n) is 16.4. The van der Waals surface area contributed by atoms with Crippen LogP contribution >= 0.6 is 35.3 Å². The van der Waals surface area contributed by atoms with Crippen LogP contribution in [0, 0.1) is 15.6 Å². The third-order valence-corrected chi connectivity index (χ3v) is 7.12. The molecule has 0 saturated carbocycles. The Labute approximate surface area is 194 Å². The van der Waals surface area contributed by atoms with E-state index in [-0.39, 0.29) is 21.6 Å². The fraction of sp³-hybridized carbons (Fsp3) is 0.190. The SMILES string of the molecule is O=c1c2sc(=S)n(-c3ccccc3F)c2nc(SCC2OCCO2)n1-c1ccc(F)cc1. The first kappa shape index (κ1) is 21.4. The van der Waals surface area contributed by atoms with Crippen molar-refractivity contribution < 1.29 is 18.3 Å². The maximum Gasteiger partial charge on any atom is 0.278 e. The zero-order valence-corrected chi connectivity index (χ0v) is 18.8. The van der Waals surface area contributed by atoms with Crippen molar-refractivity contribution in [2.75, 3.05) is 19.0 Å². The van der Waals surface area contributed by atoms with Crippen LogP contribution < -0.4 is 5.56 Å². The monoisotopic (exact) mass is 491 g/mol. The van der Waals surface area contributed by atoms with Crippen molar-refractivity contribution in [2.45, 2.75) is 11.4 Å². The quantitative estimate of drug-likeness (QED) is 0.229. The zero-order chi connectivity index (χ0) is 22.2. The lowest BCUT2D eigenvalue weighted by Gasteiger charge is -2.14. The van der Waals surface area contributed by atoms with E-state index in [4.69, 9.17) is 26.7 Å². The van der Waals surface area contributed by atoms with E-state index in [1.807, 2.05) is 0 Å². The molecule has 0 spiro atoms. The number of fused-ring (bicyclic) bond motifs is 1. The summed E-state index contributed by atoms with van der Waals surface area (Å²) < 4.78 is 42.5. The fourth-order valence-electron chi connectivity index (χ4n) is 3.34. The second kappa shape index (κ2) is 8.83. The van der Waals surface area contributed by atoms with Crippen molar-refractivity contribution in [3.05, 3.63) is 74.5 Å². The topological polar surface area (TPSA) is 58.3 Å². The molecule has 11 heteroatoms. The van der Waals surface area contributed by atoms with Gasteiger partial charge in [-0.25, -0.2) is 13.8 Å². The van der Waals surface area contributed by atoms with Crippen LogP contribution in [0.5, 0.6) is 0 Å². The molecule has 0 N–H and O–H groups in total. The molecule has 0 radical (unpaired) electrons. The number of benzene rings is 2. The number of hydrogen-bond acceptors (Lipinski definition) is 7. The molecular formula is C21H15F2N3O3S3. The highest BCUT2D eigenvalue weighted by molar-refractivity contribution is 7.99. The molecule has 4 aromatic rings. The molecule has 6 nitrogen and oxygen atoms in total. The van der Waals surface area contributed by atoms with Crippen LogP contribution in [0.4, 0.5) is 8.78 Å².